The standard InChI is InChI=1S/C24H29N3O3/c1-4-26(5-2)24(30)19-11-13-21(14-12-19)25-23(29)20-15-22(28)27(16-20)17(3)18-9-7-6-8-10-18/h6-14,17,20H,4-5,15-16H2,1-3H3,(H,25,29)/t17-,20+/m0/s1. The molecule has 1 N–H and O–H groups in total. The highest BCUT2D eigenvalue weighted by Gasteiger charge is 2.37. The molecule has 2 aromatic rings. The molecule has 0 spiro atoms. The highest BCUT2D eigenvalue weighted by molar-refractivity contribution is 5.98. The van der Waals surface area contributed by atoms with E-state index in [2.05, 4.69) is 5.32 Å². The van der Waals surface area contributed by atoms with Crippen LogP contribution in [0.15, 0.2) is 54.6 Å². The Hall–Kier alpha value is -3.15. The molecule has 1 heterocycles. The largest absolute Gasteiger partial charge is 0.339 e. The Bertz CT molecular complexity index is 892. The van der Waals surface area contributed by atoms with Crippen molar-refractivity contribution in [1.29, 1.82) is 0 Å². The van der Waals surface area contributed by atoms with Crippen molar-refractivity contribution < 1.29 is 14.4 Å². The summed E-state index contributed by atoms with van der Waals surface area (Å²) in [6.45, 7) is 7.59. The minimum atomic E-state index is -0.388. The maximum atomic E-state index is 12.7. The van der Waals surface area contributed by atoms with E-state index < -0.39 is 0 Å². The van der Waals surface area contributed by atoms with Crippen LogP contribution in [0.3, 0.4) is 0 Å². The van der Waals surface area contributed by atoms with Crippen LogP contribution in [-0.2, 0) is 9.59 Å². The molecule has 2 atom stereocenters. The Kier molecular flexibility index (Phi) is 6.87. The summed E-state index contributed by atoms with van der Waals surface area (Å²) in [5, 5.41) is 2.88. The topological polar surface area (TPSA) is 69.7 Å². The van der Waals surface area contributed by atoms with Crippen molar-refractivity contribution in [3.05, 3.63) is 65.7 Å². The highest BCUT2D eigenvalue weighted by atomic mass is 16.2. The van der Waals surface area contributed by atoms with Gasteiger partial charge in [-0.1, -0.05) is 30.3 Å². The fraction of sp³-hybridized carbons (Fsp3) is 0.375. The molecule has 6 heteroatoms. The van der Waals surface area contributed by atoms with Gasteiger partial charge in [0.1, 0.15) is 0 Å². The first-order valence-electron chi connectivity index (χ1n) is 10.5. The van der Waals surface area contributed by atoms with E-state index in [1.807, 2.05) is 51.1 Å². The molecule has 2 aromatic carbocycles. The SMILES string of the molecule is CCN(CC)C(=O)c1ccc(NC(=O)[C@@H]2CC(=O)N([C@@H](C)c3ccccc3)C2)cc1. The van der Waals surface area contributed by atoms with Crippen molar-refractivity contribution in [2.45, 2.75) is 33.2 Å². The zero-order valence-electron chi connectivity index (χ0n) is 17.8. The summed E-state index contributed by atoms with van der Waals surface area (Å²) in [4.78, 5) is 41.1. The van der Waals surface area contributed by atoms with Gasteiger partial charge in [-0.05, 0) is 50.6 Å². The van der Waals surface area contributed by atoms with Crippen LogP contribution in [-0.4, -0.2) is 47.2 Å². The van der Waals surface area contributed by atoms with Gasteiger partial charge in [0.25, 0.3) is 5.91 Å². The number of hydrogen-bond acceptors (Lipinski definition) is 3. The van der Waals surface area contributed by atoms with E-state index in [9.17, 15) is 14.4 Å². The lowest BCUT2D eigenvalue weighted by Gasteiger charge is -2.25. The average molecular weight is 408 g/mol. The quantitative estimate of drug-likeness (QED) is 0.761. The molecule has 30 heavy (non-hydrogen) atoms. The molecule has 0 bridgehead atoms. The molecule has 3 rings (SSSR count). The fourth-order valence-electron chi connectivity index (χ4n) is 3.83. The lowest BCUT2D eigenvalue weighted by atomic mass is 10.1. The van der Waals surface area contributed by atoms with Crippen molar-refractivity contribution >= 4 is 23.4 Å². The molecule has 0 radical (unpaired) electrons. The molecule has 0 aromatic heterocycles. The summed E-state index contributed by atoms with van der Waals surface area (Å²) < 4.78 is 0. The van der Waals surface area contributed by atoms with Gasteiger partial charge in [-0.25, -0.2) is 0 Å². The Labute approximate surface area is 177 Å². The Balaban J connectivity index is 1.61. The average Bonchev–Trinajstić information content (AvgIpc) is 3.17. The van der Waals surface area contributed by atoms with E-state index in [1.54, 1.807) is 34.1 Å². The predicted octanol–water partition coefficient (Wildman–Crippen LogP) is 3.72. The van der Waals surface area contributed by atoms with E-state index in [1.165, 1.54) is 0 Å². The lowest BCUT2D eigenvalue weighted by molar-refractivity contribution is -0.129. The number of carbonyl (C=O) groups is 3. The Morgan fingerprint density at radius 1 is 1.07 bits per heavy atom. The van der Waals surface area contributed by atoms with Crippen LogP contribution < -0.4 is 5.32 Å². The summed E-state index contributed by atoms with van der Waals surface area (Å²) in [7, 11) is 0. The predicted molar refractivity (Wildman–Crippen MR) is 117 cm³/mol. The minimum absolute atomic E-state index is 0.00771. The maximum Gasteiger partial charge on any atom is 0.253 e. The molecule has 0 unspecified atom stereocenters. The Morgan fingerprint density at radius 3 is 2.30 bits per heavy atom. The van der Waals surface area contributed by atoms with Crippen molar-refractivity contribution in [3.8, 4) is 0 Å². The number of rotatable bonds is 7. The summed E-state index contributed by atoms with van der Waals surface area (Å²) in [5.41, 5.74) is 2.27. The van der Waals surface area contributed by atoms with Crippen LogP contribution in [0, 0.1) is 5.92 Å². The molecular weight excluding hydrogens is 378 g/mol. The second kappa shape index (κ2) is 9.57. The van der Waals surface area contributed by atoms with Crippen LogP contribution in [0.1, 0.15) is 49.2 Å². The first-order chi connectivity index (χ1) is 14.4. The molecule has 1 fully saturated rings. The second-order valence-electron chi connectivity index (χ2n) is 7.58. The molecule has 0 saturated carbocycles. The molecule has 3 amide bonds. The number of carbonyl (C=O) groups excluding carboxylic acids is 3. The third kappa shape index (κ3) is 4.70. The number of hydrogen-bond donors (Lipinski definition) is 1. The summed E-state index contributed by atoms with van der Waals surface area (Å²) in [6, 6.07) is 16.7. The van der Waals surface area contributed by atoms with Gasteiger partial charge >= 0.3 is 0 Å². The van der Waals surface area contributed by atoms with E-state index in [0.717, 1.165) is 5.56 Å². The molecule has 0 aliphatic carbocycles. The summed E-state index contributed by atoms with van der Waals surface area (Å²) >= 11 is 0. The molecular formula is C24H29N3O3. The van der Waals surface area contributed by atoms with Crippen LogP contribution in [0.5, 0.6) is 0 Å². The van der Waals surface area contributed by atoms with Gasteiger partial charge in [-0.2, -0.15) is 0 Å². The van der Waals surface area contributed by atoms with Crippen LogP contribution in [0.2, 0.25) is 0 Å². The van der Waals surface area contributed by atoms with E-state index in [0.29, 0.717) is 30.9 Å². The first kappa shape index (κ1) is 21.6. The van der Waals surface area contributed by atoms with Crippen LogP contribution in [0.25, 0.3) is 0 Å². The van der Waals surface area contributed by atoms with E-state index in [-0.39, 0.29) is 36.1 Å². The zero-order valence-corrected chi connectivity index (χ0v) is 17.8. The van der Waals surface area contributed by atoms with Gasteiger partial charge < -0.3 is 15.1 Å². The van der Waals surface area contributed by atoms with E-state index in [4.69, 9.17) is 0 Å². The third-order valence-electron chi connectivity index (χ3n) is 5.73. The monoisotopic (exact) mass is 407 g/mol. The fourth-order valence-corrected chi connectivity index (χ4v) is 3.83. The Morgan fingerprint density at radius 2 is 1.70 bits per heavy atom. The number of anilines is 1. The van der Waals surface area contributed by atoms with Crippen LogP contribution in [0.4, 0.5) is 5.69 Å². The number of amides is 3. The van der Waals surface area contributed by atoms with Crippen molar-refractivity contribution in [2.75, 3.05) is 25.0 Å². The molecule has 1 saturated heterocycles. The van der Waals surface area contributed by atoms with Gasteiger partial charge in [-0.15, -0.1) is 0 Å². The molecule has 158 valence electrons. The van der Waals surface area contributed by atoms with Gasteiger partial charge in [0.05, 0.1) is 12.0 Å². The maximum absolute atomic E-state index is 12.7. The summed E-state index contributed by atoms with van der Waals surface area (Å²) in [5.74, 6) is -0.592. The number of likely N-dealkylation sites (tertiary alicyclic amines) is 1. The normalized spacial score (nSPS) is 17.0. The van der Waals surface area contributed by atoms with E-state index >= 15 is 0 Å². The highest BCUT2D eigenvalue weighted by Crippen LogP contribution is 2.29. The van der Waals surface area contributed by atoms with Gasteiger partial charge in [0, 0.05) is 37.3 Å². The van der Waals surface area contributed by atoms with Crippen molar-refractivity contribution in [1.82, 2.24) is 9.80 Å². The van der Waals surface area contributed by atoms with Crippen molar-refractivity contribution in [2.24, 2.45) is 5.92 Å². The molecule has 1 aliphatic heterocycles. The number of benzene rings is 2. The lowest BCUT2D eigenvalue weighted by Crippen LogP contribution is -2.31. The number of nitrogens with one attached hydrogen (secondary N) is 1. The number of nitrogens with zero attached hydrogens (tertiary/aromatic N) is 2. The molecule has 1 aliphatic rings. The van der Waals surface area contributed by atoms with Crippen LogP contribution >= 0.6 is 0 Å². The smallest absolute Gasteiger partial charge is 0.253 e. The summed E-state index contributed by atoms with van der Waals surface area (Å²) in [6.07, 6.45) is 0.210. The molecule has 6 nitrogen and oxygen atoms in total. The van der Waals surface area contributed by atoms with Crippen molar-refractivity contribution in [3.63, 3.8) is 0 Å². The third-order valence-corrected chi connectivity index (χ3v) is 5.73. The van der Waals surface area contributed by atoms with Gasteiger partial charge in [-0.3, -0.25) is 14.4 Å². The second-order valence-corrected chi connectivity index (χ2v) is 7.58. The van der Waals surface area contributed by atoms with Gasteiger partial charge in [0.15, 0.2) is 0 Å². The zero-order chi connectivity index (χ0) is 21.7. The van der Waals surface area contributed by atoms with Gasteiger partial charge in [0.2, 0.25) is 11.8 Å². The minimum Gasteiger partial charge on any atom is -0.339 e. The first-order valence-corrected chi connectivity index (χ1v) is 10.5.